The van der Waals surface area contributed by atoms with Crippen LogP contribution in [0.5, 0.6) is 0 Å². The normalized spacial score (nSPS) is 16.4. The zero-order valence-corrected chi connectivity index (χ0v) is 31.5. The maximum absolute atomic E-state index is 15.9. The second kappa shape index (κ2) is 15.3. The van der Waals surface area contributed by atoms with Crippen LogP contribution in [0.25, 0.3) is 22.3 Å². The number of allylic oxidation sites excluding steroid dienone is 12. The first-order valence-electron chi connectivity index (χ1n) is 18.3. The minimum atomic E-state index is -2.47. The Hall–Kier alpha value is -8.28. The Morgan fingerprint density at radius 1 is 0.344 bits per heavy atom. The molecule has 8 nitrogen and oxygen atoms in total. The van der Waals surface area contributed by atoms with Crippen LogP contribution in [0.1, 0.15) is 43.0 Å². The smallest absolute Gasteiger partial charge is 0.336 e. The summed E-state index contributed by atoms with van der Waals surface area (Å²) in [5.41, 5.74) is -9.00. The standard InChI is InChI=1S/C46H18F10N4O4/c47-35-33(36(48)40(52)43(55)39(35)51)31-25-13-9-21(57-25)29(17-5-1-3-7-19(17)45(61)62)22-10-14-26(58-22)32(34-37(49)41(53)44(56)42(54)38(34)50)28-16-12-24(60-28)30(23-11-15-27(31)59-23)18-6-2-4-8-20(18)46(63)64/h1-16H,(H,61,62)(H,63,64). The molecular weight excluding hydrogens is 863 g/mol. The van der Waals surface area contributed by atoms with Gasteiger partial charge in [-0.2, -0.15) is 0 Å². The highest BCUT2D eigenvalue weighted by Gasteiger charge is 2.36. The average molecular weight is 881 g/mol. The van der Waals surface area contributed by atoms with Gasteiger partial charge in [0.2, 0.25) is 11.6 Å². The van der Waals surface area contributed by atoms with Crippen molar-refractivity contribution in [2.75, 3.05) is 0 Å². The number of fused-ring (bicyclic) bond motifs is 4. The molecule has 316 valence electrons. The molecule has 5 heterocycles. The number of carboxylic acid groups (broad SMARTS) is 2. The van der Waals surface area contributed by atoms with E-state index in [4.69, 9.17) is 0 Å². The molecule has 0 unspecified atom stereocenters. The van der Waals surface area contributed by atoms with E-state index in [-0.39, 0.29) is 56.2 Å². The summed E-state index contributed by atoms with van der Waals surface area (Å²) in [5, 5.41) is 20.4. The molecule has 4 aromatic carbocycles. The minimum absolute atomic E-state index is 0.139. The maximum Gasteiger partial charge on any atom is 0.336 e. The number of aliphatic imine (C=N–C) groups is 4. The molecule has 2 N–H and O–H groups in total. The molecule has 0 atom stereocenters. The van der Waals surface area contributed by atoms with Gasteiger partial charge < -0.3 is 10.2 Å². The van der Waals surface area contributed by atoms with E-state index < -0.39 is 115 Å². The van der Waals surface area contributed by atoms with Crippen LogP contribution < -0.4 is 0 Å². The van der Waals surface area contributed by atoms with Crippen LogP contribution in [-0.4, -0.2) is 45.0 Å². The van der Waals surface area contributed by atoms with E-state index in [1.165, 1.54) is 72.8 Å². The Labute approximate surface area is 351 Å². The summed E-state index contributed by atoms with van der Waals surface area (Å²) in [7, 11) is 0. The van der Waals surface area contributed by atoms with Gasteiger partial charge >= 0.3 is 11.9 Å². The largest absolute Gasteiger partial charge is 0.478 e. The van der Waals surface area contributed by atoms with Crippen LogP contribution in [0.15, 0.2) is 140 Å². The third-order valence-electron chi connectivity index (χ3n) is 10.4. The molecule has 0 radical (unpaired) electrons. The Balaban J connectivity index is 1.46. The van der Waals surface area contributed by atoms with Crippen LogP contribution in [0, 0.1) is 58.2 Å². The van der Waals surface area contributed by atoms with E-state index in [0.717, 1.165) is 24.3 Å². The molecule has 8 bridgehead atoms. The third-order valence-corrected chi connectivity index (χ3v) is 10.4. The van der Waals surface area contributed by atoms with Gasteiger partial charge in [-0.3, -0.25) is 0 Å². The molecule has 4 aromatic rings. The molecule has 0 amide bonds. The third kappa shape index (κ3) is 6.32. The SMILES string of the molecule is O=C(O)c1ccccc1C1=C2C=CC(=N2)C(c2c(F)c(F)c(F)c(F)c2F)=C2C=CC(=N2)C(c2ccccc2C(=O)O)=C2C=CC(=N2)C(c2c(F)c(F)c(F)c(F)c2F)=C2C=CC1=N2. The molecule has 64 heavy (non-hydrogen) atoms. The Bertz CT molecular complexity index is 3050. The molecule has 0 fully saturated rings. The molecule has 5 aliphatic rings. The van der Waals surface area contributed by atoms with E-state index in [1.54, 1.807) is 0 Å². The first-order chi connectivity index (χ1) is 30.6. The van der Waals surface area contributed by atoms with Gasteiger partial charge in [0, 0.05) is 33.4 Å². The second-order valence-corrected chi connectivity index (χ2v) is 14.0. The first-order valence-corrected chi connectivity index (χ1v) is 18.3. The van der Waals surface area contributed by atoms with Gasteiger partial charge in [-0.15, -0.1) is 0 Å². The quantitative estimate of drug-likeness (QED) is 0.114. The van der Waals surface area contributed by atoms with Gasteiger partial charge in [-0.25, -0.2) is 73.5 Å². The molecule has 0 saturated heterocycles. The monoisotopic (exact) mass is 880 g/mol. The van der Waals surface area contributed by atoms with Crippen molar-refractivity contribution in [3.63, 3.8) is 0 Å². The molecule has 0 aromatic heterocycles. The van der Waals surface area contributed by atoms with E-state index >= 15 is 35.1 Å². The van der Waals surface area contributed by atoms with Gasteiger partial charge in [0.15, 0.2) is 46.5 Å². The molecular formula is C46H18F10N4O4. The molecule has 0 saturated carbocycles. The lowest BCUT2D eigenvalue weighted by atomic mass is 9.94. The van der Waals surface area contributed by atoms with E-state index in [1.807, 2.05) is 0 Å². The number of benzene rings is 4. The van der Waals surface area contributed by atoms with Crippen molar-refractivity contribution in [3.05, 3.63) is 211 Å². The van der Waals surface area contributed by atoms with E-state index in [0.29, 0.717) is 0 Å². The van der Waals surface area contributed by atoms with Crippen molar-refractivity contribution in [1.29, 1.82) is 0 Å². The summed E-state index contributed by atoms with van der Waals surface area (Å²) in [6.07, 6.45) is 9.04. The van der Waals surface area contributed by atoms with Crippen LogP contribution in [-0.2, 0) is 0 Å². The maximum atomic E-state index is 15.9. The van der Waals surface area contributed by atoms with Crippen molar-refractivity contribution in [3.8, 4) is 0 Å². The van der Waals surface area contributed by atoms with Gasteiger partial charge in [-0.1, -0.05) is 36.4 Å². The first kappa shape index (κ1) is 41.1. The van der Waals surface area contributed by atoms with E-state index in [2.05, 4.69) is 20.0 Å². The highest BCUT2D eigenvalue weighted by Crippen LogP contribution is 2.42. The Kier molecular flexibility index (Phi) is 9.80. The van der Waals surface area contributed by atoms with Crippen molar-refractivity contribution < 1.29 is 63.7 Å². The average Bonchev–Trinajstić information content (AvgIpc) is 4.14. The lowest BCUT2D eigenvalue weighted by Gasteiger charge is -2.15. The van der Waals surface area contributed by atoms with Crippen molar-refractivity contribution in [2.24, 2.45) is 20.0 Å². The molecule has 0 spiro atoms. The van der Waals surface area contributed by atoms with Gasteiger partial charge in [0.25, 0.3) is 0 Å². The van der Waals surface area contributed by atoms with Crippen LogP contribution in [0.3, 0.4) is 0 Å². The van der Waals surface area contributed by atoms with E-state index in [9.17, 15) is 28.6 Å². The van der Waals surface area contributed by atoms with Gasteiger partial charge in [0.05, 0.1) is 67.9 Å². The van der Waals surface area contributed by atoms with Crippen molar-refractivity contribution in [1.82, 2.24) is 0 Å². The zero-order chi connectivity index (χ0) is 45.5. The Morgan fingerprint density at radius 3 is 0.891 bits per heavy atom. The minimum Gasteiger partial charge on any atom is -0.478 e. The molecule has 0 aliphatic carbocycles. The lowest BCUT2D eigenvalue weighted by Crippen LogP contribution is -2.12. The number of nitrogens with zero attached hydrogens (tertiary/aromatic N) is 4. The fraction of sp³-hybridized carbons (Fsp3) is 0. The summed E-state index contributed by atoms with van der Waals surface area (Å²) in [6, 6.07) is 10.5. The molecule has 18 heteroatoms. The van der Waals surface area contributed by atoms with Crippen LogP contribution >= 0.6 is 0 Å². The van der Waals surface area contributed by atoms with Crippen molar-refractivity contribution >= 4 is 57.1 Å². The fourth-order valence-corrected chi connectivity index (χ4v) is 7.58. The predicted molar refractivity (Wildman–Crippen MR) is 213 cm³/mol. The van der Waals surface area contributed by atoms with Crippen LogP contribution in [0.4, 0.5) is 43.9 Å². The number of carbonyl (C=O) groups is 2. The summed E-state index contributed by atoms with van der Waals surface area (Å²) in [4.78, 5) is 43.0. The number of hydrogen-bond acceptors (Lipinski definition) is 6. The zero-order valence-electron chi connectivity index (χ0n) is 31.5. The van der Waals surface area contributed by atoms with Crippen molar-refractivity contribution in [2.45, 2.75) is 0 Å². The number of aromatic carboxylic acids is 2. The second-order valence-electron chi connectivity index (χ2n) is 14.0. The molecule has 5 aliphatic heterocycles. The summed E-state index contributed by atoms with van der Waals surface area (Å²) >= 11 is 0. The summed E-state index contributed by atoms with van der Waals surface area (Å²) < 4.78 is 152. The lowest BCUT2D eigenvalue weighted by molar-refractivity contribution is 0.0685. The number of halogens is 10. The number of rotatable bonds is 6. The van der Waals surface area contributed by atoms with Gasteiger partial charge in [-0.05, 0) is 60.7 Å². The van der Waals surface area contributed by atoms with Crippen LogP contribution in [0.2, 0.25) is 0 Å². The number of hydrogen-bond donors (Lipinski definition) is 2. The summed E-state index contributed by atoms with van der Waals surface area (Å²) in [6.45, 7) is 0. The topological polar surface area (TPSA) is 124 Å². The Morgan fingerprint density at radius 2 is 0.594 bits per heavy atom. The predicted octanol–water partition coefficient (Wildman–Crippen LogP) is 10.5. The summed E-state index contributed by atoms with van der Waals surface area (Å²) in [5.74, 6) is -26.3. The highest BCUT2D eigenvalue weighted by atomic mass is 19.2. The molecule has 9 rings (SSSR count). The van der Waals surface area contributed by atoms with Gasteiger partial charge in [0.1, 0.15) is 0 Å². The number of carboxylic acids is 2. The fourth-order valence-electron chi connectivity index (χ4n) is 7.58. The highest BCUT2D eigenvalue weighted by molar-refractivity contribution is 6.40.